The van der Waals surface area contributed by atoms with Crippen LogP contribution in [0.1, 0.15) is 0 Å². The highest BCUT2D eigenvalue weighted by molar-refractivity contribution is 7.25. The monoisotopic (exact) mass is 643 g/mol. The normalized spacial score (nSPS) is 11.7. The fourth-order valence-electron chi connectivity index (χ4n) is 7.28. The summed E-state index contributed by atoms with van der Waals surface area (Å²) in [5.74, 6) is 0. The topological polar surface area (TPSA) is 16.4 Å². The van der Waals surface area contributed by atoms with Crippen molar-refractivity contribution in [2.45, 2.75) is 0 Å². The molecule has 0 unspecified atom stereocenters. The van der Waals surface area contributed by atoms with Crippen LogP contribution in [-0.4, -0.2) is 0 Å². The van der Waals surface area contributed by atoms with Gasteiger partial charge in [-0.25, -0.2) is 0 Å². The molecule has 3 heteroatoms. The fraction of sp³-hybridized carbons (Fsp3) is 0. The van der Waals surface area contributed by atoms with E-state index in [9.17, 15) is 0 Å². The van der Waals surface area contributed by atoms with Gasteiger partial charge in [0.05, 0.1) is 5.69 Å². The van der Waals surface area contributed by atoms with E-state index in [1.807, 2.05) is 17.4 Å². The van der Waals surface area contributed by atoms with Crippen molar-refractivity contribution in [1.82, 2.24) is 0 Å². The summed E-state index contributed by atoms with van der Waals surface area (Å²) in [6.45, 7) is 0. The van der Waals surface area contributed by atoms with Crippen LogP contribution >= 0.6 is 11.3 Å². The standard InChI is InChI=1S/C46H29NOS/c1-2-11-32(12-3-1)37-25-26-40-38-14-6-8-16-42(38)48-46(40)45(37)47(36-24-27-44-41(29-36)39-15-7-9-17-43(39)49-44)35-22-20-31(21-23-35)34-19-18-30-10-4-5-13-33(30)28-34/h1-29H. The van der Waals surface area contributed by atoms with Gasteiger partial charge in [0.2, 0.25) is 0 Å². The zero-order valence-corrected chi connectivity index (χ0v) is 27.3. The molecule has 8 aromatic carbocycles. The molecule has 0 atom stereocenters. The molecule has 0 fully saturated rings. The van der Waals surface area contributed by atoms with Crippen LogP contribution in [0.4, 0.5) is 17.1 Å². The maximum atomic E-state index is 6.81. The highest BCUT2D eigenvalue weighted by atomic mass is 32.1. The Hall–Kier alpha value is -6.16. The molecule has 0 aliphatic heterocycles. The lowest BCUT2D eigenvalue weighted by atomic mass is 9.98. The Morgan fingerprint density at radius 1 is 0.408 bits per heavy atom. The number of hydrogen-bond acceptors (Lipinski definition) is 3. The molecule has 2 heterocycles. The van der Waals surface area contributed by atoms with Crippen molar-refractivity contribution in [1.29, 1.82) is 0 Å². The van der Waals surface area contributed by atoms with E-state index in [-0.39, 0.29) is 0 Å². The van der Waals surface area contributed by atoms with Crippen LogP contribution in [0.5, 0.6) is 0 Å². The van der Waals surface area contributed by atoms with E-state index in [0.717, 1.165) is 50.1 Å². The molecule has 10 rings (SSSR count). The zero-order chi connectivity index (χ0) is 32.3. The lowest BCUT2D eigenvalue weighted by Crippen LogP contribution is -2.11. The minimum atomic E-state index is 0.872. The summed E-state index contributed by atoms with van der Waals surface area (Å²) in [7, 11) is 0. The molecule has 0 radical (unpaired) electrons. The van der Waals surface area contributed by atoms with Crippen LogP contribution in [0.25, 0.3) is 75.1 Å². The highest BCUT2D eigenvalue weighted by Crippen LogP contribution is 2.49. The van der Waals surface area contributed by atoms with Crippen LogP contribution < -0.4 is 4.90 Å². The van der Waals surface area contributed by atoms with Crippen molar-refractivity contribution in [2.24, 2.45) is 0 Å². The van der Waals surface area contributed by atoms with Gasteiger partial charge in [-0.1, -0.05) is 121 Å². The first-order valence-corrected chi connectivity index (χ1v) is 17.4. The maximum Gasteiger partial charge on any atom is 0.160 e. The molecule has 10 aromatic rings. The number of furan rings is 1. The summed E-state index contributed by atoms with van der Waals surface area (Å²) in [6, 6.07) is 63.2. The summed E-state index contributed by atoms with van der Waals surface area (Å²) < 4.78 is 9.38. The average Bonchev–Trinajstić information content (AvgIpc) is 3.74. The molecule has 2 aromatic heterocycles. The van der Waals surface area contributed by atoms with Gasteiger partial charge < -0.3 is 9.32 Å². The SMILES string of the molecule is c1ccc(-c2ccc3c(oc4ccccc43)c2N(c2ccc(-c3ccc4ccccc4c3)cc2)c2ccc3sc4ccccc4c3c2)cc1. The predicted octanol–water partition coefficient (Wildman–Crippen LogP) is 13.9. The molecule has 0 saturated heterocycles. The van der Waals surface area contributed by atoms with E-state index in [1.165, 1.54) is 42.1 Å². The summed E-state index contributed by atoms with van der Waals surface area (Å²) in [5, 5.41) is 7.24. The van der Waals surface area contributed by atoms with Crippen molar-refractivity contribution < 1.29 is 4.42 Å². The van der Waals surface area contributed by atoms with Crippen LogP contribution in [0, 0.1) is 0 Å². The largest absolute Gasteiger partial charge is 0.454 e. The third-order valence-electron chi connectivity index (χ3n) is 9.66. The van der Waals surface area contributed by atoms with Gasteiger partial charge in [-0.3, -0.25) is 0 Å². The molecule has 0 saturated carbocycles. The molecule has 49 heavy (non-hydrogen) atoms. The van der Waals surface area contributed by atoms with Crippen molar-refractivity contribution >= 4 is 81.3 Å². The predicted molar refractivity (Wildman–Crippen MR) is 210 cm³/mol. The van der Waals surface area contributed by atoms with Gasteiger partial charge in [-0.15, -0.1) is 11.3 Å². The average molecular weight is 644 g/mol. The minimum absolute atomic E-state index is 0.872. The number of para-hydroxylation sites is 1. The Kier molecular flexibility index (Phi) is 6.39. The second-order valence-corrected chi connectivity index (χ2v) is 13.6. The number of thiophene rings is 1. The van der Waals surface area contributed by atoms with E-state index in [4.69, 9.17) is 4.42 Å². The quantitative estimate of drug-likeness (QED) is 0.186. The molecule has 0 aliphatic rings. The Morgan fingerprint density at radius 3 is 1.98 bits per heavy atom. The second kappa shape index (κ2) is 11.2. The van der Waals surface area contributed by atoms with Gasteiger partial charge in [0, 0.05) is 47.9 Å². The van der Waals surface area contributed by atoms with E-state index < -0.39 is 0 Å². The van der Waals surface area contributed by atoms with Gasteiger partial charge in [0.1, 0.15) is 5.58 Å². The van der Waals surface area contributed by atoms with Crippen LogP contribution in [0.15, 0.2) is 180 Å². The molecule has 0 bridgehead atoms. The molecule has 0 spiro atoms. The van der Waals surface area contributed by atoms with Crippen molar-refractivity contribution in [2.75, 3.05) is 4.90 Å². The summed E-state index contributed by atoms with van der Waals surface area (Å²) >= 11 is 1.84. The van der Waals surface area contributed by atoms with Crippen LogP contribution in [0.2, 0.25) is 0 Å². The first-order valence-electron chi connectivity index (χ1n) is 16.6. The van der Waals surface area contributed by atoms with Gasteiger partial charge in [0.25, 0.3) is 0 Å². The fourth-order valence-corrected chi connectivity index (χ4v) is 8.37. The lowest BCUT2D eigenvalue weighted by Gasteiger charge is -2.28. The number of hydrogen-bond donors (Lipinski definition) is 0. The zero-order valence-electron chi connectivity index (χ0n) is 26.5. The third kappa shape index (κ3) is 4.62. The summed E-state index contributed by atoms with van der Waals surface area (Å²) in [4.78, 5) is 2.39. The van der Waals surface area contributed by atoms with Gasteiger partial charge in [-0.05, 0) is 82.1 Å². The Balaban J connectivity index is 1.24. The first kappa shape index (κ1) is 27.9. The van der Waals surface area contributed by atoms with Crippen LogP contribution in [-0.2, 0) is 0 Å². The van der Waals surface area contributed by atoms with Gasteiger partial charge >= 0.3 is 0 Å². The summed E-state index contributed by atoms with van der Waals surface area (Å²) in [5.41, 5.74) is 9.56. The third-order valence-corrected chi connectivity index (χ3v) is 10.8. The number of anilines is 3. The lowest BCUT2D eigenvalue weighted by molar-refractivity contribution is 0.669. The molecule has 0 aliphatic carbocycles. The van der Waals surface area contributed by atoms with E-state index in [1.54, 1.807) is 0 Å². The van der Waals surface area contributed by atoms with E-state index >= 15 is 0 Å². The molecule has 2 nitrogen and oxygen atoms in total. The maximum absolute atomic E-state index is 6.81. The minimum Gasteiger partial charge on any atom is -0.454 e. The van der Waals surface area contributed by atoms with Crippen molar-refractivity contribution in [3.63, 3.8) is 0 Å². The van der Waals surface area contributed by atoms with Crippen molar-refractivity contribution in [3.8, 4) is 22.3 Å². The Morgan fingerprint density at radius 2 is 1.10 bits per heavy atom. The van der Waals surface area contributed by atoms with Crippen LogP contribution in [0.3, 0.4) is 0 Å². The molecular weight excluding hydrogens is 615 g/mol. The molecule has 0 N–H and O–H groups in total. The van der Waals surface area contributed by atoms with Gasteiger partial charge in [-0.2, -0.15) is 0 Å². The smallest absolute Gasteiger partial charge is 0.160 e. The first-order chi connectivity index (χ1) is 24.3. The number of nitrogens with zero attached hydrogens (tertiary/aromatic N) is 1. The van der Waals surface area contributed by atoms with E-state index in [2.05, 4.69) is 175 Å². The Bertz CT molecular complexity index is 2830. The number of benzene rings is 8. The number of fused-ring (bicyclic) bond motifs is 7. The van der Waals surface area contributed by atoms with Gasteiger partial charge in [0.15, 0.2) is 5.58 Å². The second-order valence-electron chi connectivity index (χ2n) is 12.5. The number of rotatable bonds is 5. The molecule has 0 amide bonds. The summed E-state index contributed by atoms with van der Waals surface area (Å²) in [6.07, 6.45) is 0. The molecular formula is C46H29NOS. The molecule has 230 valence electrons. The van der Waals surface area contributed by atoms with Crippen molar-refractivity contribution in [3.05, 3.63) is 176 Å². The highest BCUT2D eigenvalue weighted by Gasteiger charge is 2.24. The Labute approximate surface area is 287 Å². The van der Waals surface area contributed by atoms with E-state index in [0.29, 0.717) is 0 Å².